The van der Waals surface area contributed by atoms with E-state index in [-0.39, 0.29) is 29.1 Å². The van der Waals surface area contributed by atoms with Crippen molar-refractivity contribution in [3.8, 4) is 50.9 Å². The molecule has 3 aromatic heterocycles. The van der Waals surface area contributed by atoms with Crippen molar-refractivity contribution in [1.29, 1.82) is 0 Å². The Labute approximate surface area is 494 Å². The van der Waals surface area contributed by atoms with Gasteiger partial charge in [-0.05, 0) is 156 Å². The van der Waals surface area contributed by atoms with Gasteiger partial charge in [-0.3, -0.25) is 4.57 Å². The summed E-state index contributed by atoms with van der Waals surface area (Å²) >= 11 is 0. The number of nitrogens with zero attached hydrogens (tertiary/aromatic N) is 4. The van der Waals surface area contributed by atoms with Gasteiger partial charge in [-0.15, -0.1) is 0 Å². The van der Waals surface area contributed by atoms with E-state index in [4.69, 9.17) is 9.72 Å². The van der Waals surface area contributed by atoms with E-state index in [2.05, 4.69) is 296 Å². The predicted octanol–water partition coefficient (Wildman–Crippen LogP) is 18.8. The molecule has 6 aliphatic rings. The van der Waals surface area contributed by atoms with E-state index in [9.17, 15) is 0 Å². The summed E-state index contributed by atoms with van der Waals surface area (Å²) < 4.78 is 14.0. The van der Waals surface area contributed by atoms with Crippen LogP contribution in [0.15, 0.2) is 267 Å². The van der Waals surface area contributed by atoms with Crippen LogP contribution in [0.4, 0.5) is 0 Å². The Morgan fingerprint density at radius 1 is 0.388 bits per heavy atom. The molecule has 3 heterocycles. The van der Waals surface area contributed by atoms with Crippen LogP contribution < -0.4 is 9.30 Å². The van der Waals surface area contributed by atoms with Gasteiger partial charge in [-0.25, -0.2) is 4.98 Å². The van der Waals surface area contributed by atoms with Crippen molar-refractivity contribution < 1.29 is 9.30 Å². The largest absolute Gasteiger partial charge is 0.457 e. The van der Waals surface area contributed by atoms with Crippen LogP contribution in [0.2, 0.25) is 0 Å². The molecule has 0 saturated carbocycles. The average Bonchev–Trinajstić information content (AvgIpc) is 1.97. The van der Waals surface area contributed by atoms with Gasteiger partial charge in [0.1, 0.15) is 28.7 Å². The Morgan fingerprint density at radius 3 is 1.45 bits per heavy atom. The zero-order valence-corrected chi connectivity index (χ0v) is 47.4. The van der Waals surface area contributed by atoms with Gasteiger partial charge in [0, 0.05) is 63.9 Å². The third kappa shape index (κ3) is 7.10. The molecule has 5 heteroatoms. The maximum absolute atomic E-state index is 6.94. The number of benzene rings is 11. The van der Waals surface area contributed by atoms with Gasteiger partial charge >= 0.3 is 0 Å². The number of aromatic nitrogens is 4. The molecule has 6 aliphatic carbocycles. The normalized spacial score (nSPS) is 16.6. The molecule has 0 saturated heterocycles. The maximum atomic E-state index is 6.94. The van der Waals surface area contributed by atoms with Crippen molar-refractivity contribution >= 4 is 32.8 Å². The zero-order valence-electron chi connectivity index (χ0n) is 47.4. The summed E-state index contributed by atoms with van der Waals surface area (Å²) in [5, 5.41) is 2.33. The molecular formula is C80H57N4O+. The van der Waals surface area contributed by atoms with Gasteiger partial charge in [0.2, 0.25) is 0 Å². The number of hydrogen-bond donors (Lipinski definition) is 0. The summed E-state index contributed by atoms with van der Waals surface area (Å²) in [4.78, 5) is 4.95. The number of ether oxygens (including phenoxy) is 1. The fraction of sp³-hybridized carbons (Fsp3) is 0.100. The standard InChI is InChI=1S/C80H57N4O/c1-80(2,3)50-40-41-81-74(44-50)84-70-31-13-12-20-56(70)57-39-36-53(46-73(57)84)85-52-19-16-18-51(45-52)82-47-83(72-33-15-14-32-71(72)82)79-54(48-34-37-66-68(42-48)77-62-25-8-4-21-58(62)75(66)59-22-5-9-26-63(59)77)29-17-30-55(79)49-35-38-67-69(43-49)78-64-27-10-6-23-60(64)76(67)61-24-7-11-28-65(61)78/h4-47,75-78H,1-3H3/q+1. The van der Waals surface area contributed by atoms with Crippen molar-refractivity contribution in [2.24, 2.45) is 0 Å². The van der Waals surface area contributed by atoms with Gasteiger partial charge in [0.15, 0.2) is 11.0 Å². The second kappa shape index (κ2) is 18.1. The zero-order chi connectivity index (χ0) is 56.2. The Hall–Kier alpha value is -10.4. The highest BCUT2D eigenvalue weighted by molar-refractivity contribution is 6.09. The number of pyridine rings is 1. The number of imidazole rings is 1. The minimum Gasteiger partial charge on any atom is -0.457 e. The molecule has 0 N–H and O–H groups in total. The first-order valence-electron chi connectivity index (χ1n) is 29.9. The van der Waals surface area contributed by atoms with Crippen molar-refractivity contribution in [2.45, 2.75) is 49.9 Å². The quantitative estimate of drug-likeness (QED) is 0.149. The second-order valence-electron chi connectivity index (χ2n) is 24.8. The van der Waals surface area contributed by atoms with Gasteiger partial charge in [-0.2, -0.15) is 9.13 Å². The number of fused-ring (bicyclic) bond motifs is 4. The minimum atomic E-state index is -0.0295. The lowest BCUT2D eigenvalue weighted by molar-refractivity contribution is -0.566. The summed E-state index contributed by atoms with van der Waals surface area (Å²) in [7, 11) is 0. The first-order valence-corrected chi connectivity index (χ1v) is 29.9. The molecule has 85 heavy (non-hydrogen) atoms. The molecule has 0 atom stereocenters. The van der Waals surface area contributed by atoms with Crippen molar-refractivity contribution in [3.63, 3.8) is 0 Å². The molecule has 0 fully saturated rings. The molecule has 20 rings (SSSR count). The van der Waals surface area contributed by atoms with E-state index in [0.717, 1.165) is 56.1 Å². The summed E-state index contributed by atoms with van der Waals surface area (Å²) in [6.45, 7) is 6.75. The summed E-state index contributed by atoms with van der Waals surface area (Å²) in [6.07, 6.45) is 4.23. The third-order valence-electron chi connectivity index (χ3n) is 19.2. The van der Waals surface area contributed by atoms with Crippen molar-refractivity contribution in [1.82, 2.24) is 14.1 Å². The molecule has 11 aromatic carbocycles. The number of hydrogen-bond acceptors (Lipinski definition) is 2. The highest BCUT2D eigenvalue weighted by atomic mass is 16.5. The van der Waals surface area contributed by atoms with E-state index < -0.39 is 0 Å². The summed E-state index contributed by atoms with van der Waals surface area (Å²) in [5.74, 6) is 3.09. The molecule has 0 aliphatic heterocycles. The molecule has 4 bridgehead atoms. The predicted molar refractivity (Wildman–Crippen MR) is 343 cm³/mol. The Morgan fingerprint density at radius 2 is 0.871 bits per heavy atom. The minimum absolute atomic E-state index is 0.0295. The van der Waals surface area contributed by atoms with Crippen LogP contribution in [0.1, 0.15) is 117 Å². The Bertz CT molecular complexity index is 4880. The molecule has 0 spiro atoms. The van der Waals surface area contributed by atoms with Gasteiger partial charge < -0.3 is 4.74 Å². The molecule has 0 unspecified atom stereocenters. The number of para-hydroxylation sites is 4. The number of rotatable bonds is 7. The van der Waals surface area contributed by atoms with Crippen LogP contribution in [0.5, 0.6) is 11.5 Å². The molecular weight excluding hydrogens is 1030 g/mol. The Balaban J connectivity index is 0.797. The van der Waals surface area contributed by atoms with Crippen molar-refractivity contribution in [2.75, 3.05) is 0 Å². The fourth-order valence-corrected chi connectivity index (χ4v) is 15.5. The molecule has 5 nitrogen and oxygen atoms in total. The van der Waals surface area contributed by atoms with Gasteiger partial charge in [-0.1, -0.05) is 197 Å². The van der Waals surface area contributed by atoms with Gasteiger partial charge in [0.25, 0.3) is 6.33 Å². The van der Waals surface area contributed by atoms with Crippen LogP contribution in [0, 0.1) is 0 Å². The average molecular weight is 1090 g/mol. The molecule has 0 amide bonds. The first-order chi connectivity index (χ1) is 41.8. The highest BCUT2D eigenvalue weighted by Crippen LogP contribution is 2.58. The van der Waals surface area contributed by atoms with Gasteiger partial charge in [0.05, 0.1) is 11.0 Å². The molecule has 0 radical (unpaired) electrons. The van der Waals surface area contributed by atoms with Crippen LogP contribution in [-0.4, -0.2) is 14.1 Å². The highest BCUT2D eigenvalue weighted by Gasteiger charge is 2.43. The third-order valence-corrected chi connectivity index (χ3v) is 19.2. The molecule has 402 valence electrons. The van der Waals surface area contributed by atoms with Crippen molar-refractivity contribution in [3.05, 3.63) is 340 Å². The lowest BCUT2D eigenvalue weighted by Gasteiger charge is -2.42. The first kappa shape index (κ1) is 48.2. The van der Waals surface area contributed by atoms with E-state index in [1.54, 1.807) is 0 Å². The van der Waals surface area contributed by atoms with Crippen LogP contribution >= 0.6 is 0 Å². The lowest BCUT2D eigenvalue weighted by Crippen LogP contribution is -2.31. The second-order valence-corrected chi connectivity index (χ2v) is 24.8. The summed E-state index contributed by atoms with van der Waals surface area (Å²) in [6, 6.07) is 95.0. The monoisotopic (exact) mass is 1090 g/mol. The fourth-order valence-electron chi connectivity index (χ4n) is 15.5. The maximum Gasteiger partial charge on any atom is 0.255 e. The van der Waals surface area contributed by atoms with E-state index in [0.29, 0.717) is 0 Å². The smallest absolute Gasteiger partial charge is 0.255 e. The van der Waals surface area contributed by atoms with E-state index in [1.807, 2.05) is 6.20 Å². The lowest BCUT2D eigenvalue weighted by atomic mass is 9.61. The van der Waals surface area contributed by atoms with E-state index >= 15 is 0 Å². The Kier molecular flexibility index (Phi) is 10.2. The summed E-state index contributed by atoms with van der Waals surface area (Å²) in [5.41, 5.74) is 29.4. The van der Waals surface area contributed by atoms with E-state index in [1.165, 1.54) is 100.0 Å². The topological polar surface area (TPSA) is 35.9 Å². The van der Waals surface area contributed by atoms with Crippen LogP contribution in [0.25, 0.3) is 72.3 Å². The van der Waals surface area contributed by atoms with Crippen LogP contribution in [0.3, 0.4) is 0 Å². The molecule has 14 aromatic rings. The SMILES string of the molecule is CC(C)(C)c1ccnc(-n2c3ccccc3c3ccc(Oc4cccc(-n5c[n+](-c6c(-c7ccc8c(c7)C7c9ccccc9C8c8ccccc87)cccc6-c6ccc7c(c6)C6c8ccccc8C7c7ccccc76)c6ccccc65)c4)cc32)c1. The van der Waals surface area contributed by atoms with Crippen LogP contribution in [-0.2, 0) is 5.41 Å².